The van der Waals surface area contributed by atoms with Gasteiger partial charge in [0, 0.05) is 37.6 Å². The molecule has 0 saturated heterocycles. The number of halogens is 1. The lowest BCUT2D eigenvalue weighted by molar-refractivity contribution is 0.580. The predicted octanol–water partition coefficient (Wildman–Crippen LogP) is 1.79. The van der Waals surface area contributed by atoms with Crippen molar-refractivity contribution in [2.75, 3.05) is 25.3 Å². The van der Waals surface area contributed by atoms with E-state index in [1.54, 1.807) is 18.3 Å². The molecule has 1 aromatic carbocycles. The van der Waals surface area contributed by atoms with Crippen molar-refractivity contribution in [1.82, 2.24) is 9.71 Å². The van der Waals surface area contributed by atoms with Crippen molar-refractivity contribution in [3.05, 3.63) is 46.6 Å². The van der Waals surface area contributed by atoms with Gasteiger partial charge in [0.05, 0.1) is 9.79 Å². The summed E-state index contributed by atoms with van der Waals surface area (Å²) in [6, 6.07) is 7.37. The standard InChI is InChI=1S/C15H18BrN3O4S2/c1-19(2)15-8-11(6-7-17-15)10-18-25(22,23)14-9-12(24(3,20)21)4-5-13(14)16/h4-9,18H,10H2,1-3H3. The van der Waals surface area contributed by atoms with Crippen LogP contribution < -0.4 is 9.62 Å². The van der Waals surface area contributed by atoms with Gasteiger partial charge in [0.15, 0.2) is 9.84 Å². The van der Waals surface area contributed by atoms with E-state index in [9.17, 15) is 16.8 Å². The van der Waals surface area contributed by atoms with Crippen LogP contribution in [-0.2, 0) is 26.4 Å². The van der Waals surface area contributed by atoms with Crippen molar-refractivity contribution in [2.45, 2.75) is 16.3 Å². The summed E-state index contributed by atoms with van der Waals surface area (Å²) in [6.45, 7) is 0.0568. The number of pyridine rings is 1. The van der Waals surface area contributed by atoms with E-state index in [0.29, 0.717) is 5.82 Å². The molecule has 0 amide bonds. The zero-order valence-electron chi connectivity index (χ0n) is 13.9. The van der Waals surface area contributed by atoms with Crippen LogP contribution in [0.15, 0.2) is 50.8 Å². The highest BCUT2D eigenvalue weighted by atomic mass is 79.9. The molecule has 136 valence electrons. The summed E-state index contributed by atoms with van der Waals surface area (Å²) in [5.74, 6) is 0.706. The van der Waals surface area contributed by atoms with Gasteiger partial charge >= 0.3 is 0 Å². The maximum atomic E-state index is 12.6. The van der Waals surface area contributed by atoms with Crippen molar-refractivity contribution in [2.24, 2.45) is 0 Å². The lowest BCUT2D eigenvalue weighted by atomic mass is 10.2. The summed E-state index contributed by atoms with van der Waals surface area (Å²) in [4.78, 5) is 5.79. The van der Waals surface area contributed by atoms with Gasteiger partial charge in [0.1, 0.15) is 5.82 Å². The molecule has 1 N–H and O–H groups in total. The third kappa shape index (κ3) is 5.00. The predicted molar refractivity (Wildman–Crippen MR) is 99.8 cm³/mol. The minimum Gasteiger partial charge on any atom is -0.363 e. The fourth-order valence-corrected chi connectivity index (χ4v) is 4.72. The van der Waals surface area contributed by atoms with Crippen LogP contribution in [0.5, 0.6) is 0 Å². The molecule has 10 heteroatoms. The Kier molecular flexibility index (Phi) is 5.87. The van der Waals surface area contributed by atoms with Crippen LogP contribution in [0.1, 0.15) is 5.56 Å². The Morgan fingerprint density at radius 3 is 2.40 bits per heavy atom. The molecular formula is C15H18BrN3O4S2. The molecule has 0 bridgehead atoms. The summed E-state index contributed by atoms with van der Waals surface area (Å²) in [5, 5.41) is 0. The van der Waals surface area contributed by atoms with E-state index >= 15 is 0 Å². The molecule has 1 aromatic heterocycles. The maximum Gasteiger partial charge on any atom is 0.242 e. The number of anilines is 1. The van der Waals surface area contributed by atoms with Crippen molar-refractivity contribution in [3.63, 3.8) is 0 Å². The zero-order chi connectivity index (χ0) is 18.8. The Hall–Kier alpha value is -1.49. The van der Waals surface area contributed by atoms with Gasteiger partial charge < -0.3 is 4.90 Å². The molecule has 0 radical (unpaired) electrons. The average molecular weight is 448 g/mol. The van der Waals surface area contributed by atoms with Crippen LogP contribution in [0.2, 0.25) is 0 Å². The van der Waals surface area contributed by atoms with Crippen molar-refractivity contribution < 1.29 is 16.8 Å². The summed E-state index contributed by atoms with van der Waals surface area (Å²) >= 11 is 3.16. The Morgan fingerprint density at radius 1 is 1.12 bits per heavy atom. The number of nitrogens with one attached hydrogen (secondary N) is 1. The molecule has 0 unspecified atom stereocenters. The monoisotopic (exact) mass is 447 g/mol. The Bertz CT molecular complexity index is 990. The molecular weight excluding hydrogens is 430 g/mol. The zero-order valence-corrected chi connectivity index (χ0v) is 17.1. The number of hydrogen-bond donors (Lipinski definition) is 1. The largest absolute Gasteiger partial charge is 0.363 e. The van der Waals surface area contributed by atoms with Crippen LogP contribution in [0.25, 0.3) is 0 Å². The first-order valence-electron chi connectivity index (χ1n) is 7.12. The number of benzene rings is 1. The minimum absolute atomic E-state index is 0.0568. The third-order valence-electron chi connectivity index (χ3n) is 3.35. The van der Waals surface area contributed by atoms with E-state index in [1.807, 2.05) is 19.0 Å². The SMILES string of the molecule is CN(C)c1cc(CNS(=O)(=O)c2cc(S(C)(=O)=O)ccc2Br)ccn1. The van der Waals surface area contributed by atoms with Gasteiger partial charge in [-0.3, -0.25) is 0 Å². The van der Waals surface area contributed by atoms with Gasteiger partial charge in [-0.1, -0.05) is 0 Å². The van der Waals surface area contributed by atoms with E-state index in [0.717, 1.165) is 17.9 Å². The van der Waals surface area contributed by atoms with Crippen LogP contribution in [0, 0.1) is 0 Å². The number of sulfone groups is 1. The lowest BCUT2D eigenvalue weighted by Crippen LogP contribution is -2.24. The highest BCUT2D eigenvalue weighted by molar-refractivity contribution is 9.10. The van der Waals surface area contributed by atoms with E-state index < -0.39 is 19.9 Å². The molecule has 0 aliphatic heterocycles. The molecule has 0 aliphatic rings. The first-order chi connectivity index (χ1) is 11.5. The second-order valence-electron chi connectivity index (χ2n) is 5.61. The number of sulfonamides is 1. The minimum atomic E-state index is -3.90. The van der Waals surface area contributed by atoms with E-state index in [-0.39, 0.29) is 20.8 Å². The van der Waals surface area contributed by atoms with E-state index in [1.165, 1.54) is 12.1 Å². The van der Waals surface area contributed by atoms with Gasteiger partial charge in [-0.05, 0) is 51.8 Å². The molecule has 7 nitrogen and oxygen atoms in total. The van der Waals surface area contributed by atoms with Crippen molar-refractivity contribution in [1.29, 1.82) is 0 Å². The quantitative estimate of drug-likeness (QED) is 0.724. The van der Waals surface area contributed by atoms with Gasteiger partial charge in [-0.2, -0.15) is 0 Å². The third-order valence-corrected chi connectivity index (χ3v) is 6.86. The van der Waals surface area contributed by atoms with Gasteiger partial charge in [0.2, 0.25) is 10.0 Å². The molecule has 0 saturated carbocycles. The molecule has 0 fully saturated rings. The lowest BCUT2D eigenvalue weighted by Gasteiger charge is -2.13. The number of nitrogens with zero attached hydrogens (tertiary/aromatic N) is 2. The molecule has 0 aliphatic carbocycles. The summed E-state index contributed by atoms with van der Waals surface area (Å²) < 4.78 is 51.2. The number of aromatic nitrogens is 1. The highest BCUT2D eigenvalue weighted by Crippen LogP contribution is 2.25. The highest BCUT2D eigenvalue weighted by Gasteiger charge is 2.20. The average Bonchev–Trinajstić information content (AvgIpc) is 2.52. The summed E-state index contributed by atoms with van der Waals surface area (Å²) in [7, 11) is -3.74. The molecule has 0 spiro atoms. The van der Waals surface area contributed by atoms with Crippen molar-refractivity contribution >= 4 is 41.6 Å². The van der Waals surface area contributed by atoms with Crippen LogP contribution >= 0.6 is 15.9 Å². The fourth-order valence-electron chi connectivity index (χ4n) is 1.99. The molecule has 0 atom stereocenters. The molecule has 1 heterocycles. The van der Waals surface area contributed by atoms with E-state index in [4.69, 9.17) is 0 Å². The topological polar surface area (TPSA) is 96.4 Å². The van der Waals surface area contributed by atoms with Gasteiger partial charge in [0.25, 0.3) is 0 Å². The molecule has 25 heavy (non-hydrogen) atoms. The van der Waals surface area contributed by atoms with Crippen LogP contribution in [0.3, 0.4) is 0 Å². The number of rotatable bonds is 6. The fraction of sp³-hybridized carbons (Fsp3) is 0.267. The number of hydrogen-bond acceptors (Lipinski definition) is 6. The first kappa shape index (κ1) is 19.8. The van der Waals surface area contributed by atoms with Crippen LogP contribution in [-0.4, -0.2) is 42.2 Å². The van der Waals surface area contributed by atoms with Crippen LogP contribution in [0.4, 0.5) is 5.82 Å². The smallest absolute Gasteiger partial charge is 0.242 e. The summed E-state index contributed by atoms with van der Waals surface area (Å²) in [6.07, 6.45) is 2.62. The normalized spacial score (nSPS) is 12.2. The van der Waals surface area contributed by atoms with E-state index in [2.05, 4.69) is 25.6 Å². The Morgan fingerprint density at radius 2 is 1.80 bits per heavy atom. The Balaban J connectivity index is 2.30. The molecule has 2 aromatic rings. The van der Waals surface area contributed by atoms with Gasteiger partial charge in [-0.25, -0.2) is 26.5 Å². The van der Waals surface area contributed by atoms with Gasteiger partial charge in [-0.15, -0.1) is 0 Å². The summed E-state index contributed by atoms with van der Waals surface area (Å²) in [5.41, 5.74) is 0.734. The maximum absolute atomic E-state index is 12.6. The first-order valence-corrected chi connectivity index (χ1v) is 11.3. The molecule has 2 rings (SSSR count). The second-order valence-corrected chi connectivity index (χ2v) is 10.2. The second kappa shape index (κ2) is 7.40. The Labute approximate surface area is 156 Å². The van der Waals surface area contributed by atoms with Crippen molar-refractivity contribution in [3.8, 4) is 0 Å².